The van der Waals surface area contributed by atoms with Crippen LogP contribution < -0.4 is 4.74 Å². The van der Waals surface area contributed by atoms with Crippen molar-refractivity contribution in [2.45, 2.75) is 84.0 Å². The van der Waals surface area contributed by atoms with Gasteiger partial charge in [0.2, 0.25) is 0 Å². The van der Waals surface area contributed by atoms with Gasteiger partial charge < -0.3 is 9.84 Å². The summed E-state index contributed by atoms with van der Waals surface area (Å²) >= 11 is 0. The van der Waals surface area contributed by atoms with Gasteiger partial charge in [0, 0.05) is 6.07 Å². The molecule has 0 unspecified atom stereocenters. The molecule has 0 saturated carbocycles. The number of hydrogen-bond donors (Lipinski definition) is 1. The third-order valence-electron chi connectivity index (χ3n) is 4.26. The molecule has 0 saturated heterocycles. The van der Waals surface area contributed by atoms with Gasteiger partial charge in [-0.05, 0) is 30.5 Å². The van der Waals surface area contributed by atoms with E-state index in [0.29, 0.717) is 5.75 Å². The Balaban J connectivity index is 1.98. The van der Waals surface area contributed by atoms with Gasteiger partial charge in [0.05, 0.1) is 7.11 Å². The van der Waals surface area contributed by atoms with E-state index in [1.807, 2.05) is 12.1 Å². The Bertz CT molecular complexity index is 387. The van der Waals surface area contributed by atoms with E-state index in [1.165, 1.54) is 76.2 Å². The highest BCUT2D eigenvalue weighted by atomic mass is 16.5. The van der Waals surface area contributed by atoms with Crippen molar-refractivity contribution in [1.82, 2.24) is 0 Å². The molecule has 0 fully saturated rings. The molecular formula is C20H34O2. The van der Waals surface area contributed by atoms with Crippen molar-refractivity contribution in [3.05, 3.63) is 23.8 Å². The highest BCUT2D eigenvalue weighted by molar-refractivity contribution is 5.37. The molecule has 22 heavy (non-hydrogen) atoms. The fourth-order valence-electron chi connectivity index (χ4n) is 2.90. The highest BCUT2D eigenvalue weighted by Crippen LogP contribution is 2.23. The van der Waals surface area contributed by atoms with E-state index < -0.39 is 0 Å². The second-order valence-electron chi connectivity index (χ2n) is 6.32. The Morgan fingerprint density at radius 3 is 1.86 bits per heavy atom. The first-order valence-corrected chi connectivity index (χ1v) is 9.13. The zero-order valence-corrected chi connectivity index (χ0v) is 14.6. The van der Waals surface area contributed by atoms with Crippen molar-refractivity contribution in [3.63, 3.8) is 0 Å². The zero-order valence-electron chi connectivity index (χ0n) is 14.6. The normalized spacial score (nSPS) is 10.8. The van der Waals surface area contributed by atoms with E-state index in [0.717, 1.165) is 12.2 Å². The van der Waals surface area contributed by atoms with Gasteiger partial charge in [0.15, 0.2) is 0 Å². The Kier molecular flexibility index (Phi) is 10.6. The maximum Gasteiger partial charge on any atom is 0.122 e. The first-order valence-electron chi connectivity index (χ1n) is 9.13. The average molecular weight is 306 g/mol. The lowest BCUT2D eigenvalue weighted by atomic mass is 10.0. The van der Waals surface area contributed by atoms with Crippen LogP contribution in [0.5, 0.6) is 11.5 Å². The van der Waals surface area contributed by atoms with Crippen LogP contribution in [0, 0.1) is 0 Å². The number of benzene rings is 1. The van der Waals surface area contributed by atoms with E-state index in [4.69, 9.17) is 4.74 Å². The molecule has 0 aliphatic heterocycles. The first kappa shape index (κ1) is 18.9. The van der Waals surface area contributed by atoms with Crippen LogP contribution in [-0.4, -0.2) is 12.2 Å². The lowest BCUT2D eigenvalue weighted by Gasteiger charge is -2.06. The van der Waals surface area contributed by atoms with E-state index >= 15 is 0 Å². The molecule has 1 aromatic rings. The molecule has 0 spiro atoms. The van der Waals surface area contributed by atoms with Crippen molar-refractivity contribution >= 4 is 0 Å². The number of aryl methyl sites for hydroxylation is 1. The number of methoxy groups -OCH3 is 1. The number of unbranched alkanes of at least 4 members (excludes halogenated alkanes) is 10. The van der Waals surface area contributed by atoms with E-state index in [-0.39, 0.29) is 0 Å². The van der Waals surface area contributed by atoms with Crippen molar-refractivity contribution in [1.29, 1.82) is 0 Å². The smallest absolute Gasteiger partial charge is 0.122 e. The van der Waals surface area contributed by atoms with Crippen LogP contribution in [0.1, 0.15) is 83.1 Å². The number of aromatic hydroxyl groups is 1. The molecule has 1 rings (SSSR count). The van der Waals surface area contributed by atoms with Crippen molar-refractivity contribution in [3.8, 4) is 11.5 Å². The Hall–Kier alpha value is -1.18. The summed E-state index contributed by atoms with van der Waals surface area (Å²) in [5.74, 6) is 1.05. The summed E-state index contributed by atoms with van der Waals surface area (Å²) in [6.45, 7) is 2.27. The maximum atomic E-state index is 9.62. The van der Waals surface area contributed by atoms with E-state index in [9.17, 15) is 5.11 Å². The molecule has 2 nitrogen and oxygen atoms in total. The highest BCUT2D eigenvalue weighted by Gasteiger charge is 2.00. The minimum Gasteiger partial charge on any atom is -0.508 e. The summed E-state index contributed by atoms with van der Waals surface area (Å²) in [6.07, 6.45) is 16.0. The number of rotatable bonds is 13. The number of hydrogen-bond acceptors (Lipinski definition) is 2. The van der Waals surface area contributed by atoms with Crippen LogP contribution in [0.4, 0.5) is 0 Å². The van der Waals surface area contributed by atoms with Gasteiger partial charge in [-0.15, -0.1) is 0 Å². The third kappa shape index (κ3) is 8.96. The van der Waals surface area contributed by atoms with E-state index in [2.05, 4.69) is 6.92 Å². The van der Waals surface area contributed by atoms with E-state index in [1.54, 1.807) is 13.2 Å². The van der Waals surface area contributed by atoms with Gasteiger partial charge in [0.25, 0.3) is 0 Å². The van der Waals surface area contributed by atoms with Gasteiger partial charge in [-0.3, -0.25) is 0 Å². The van der Waals surface area contributed by atoms with Crippen LogP contribution >= 0.6 is 0 Å². The van der Waals surface area contributed by atoms with Gasteiger partial charge >= 0.3 is 0 Å². The molecule has 2 heteroatoms. The Labute approximate surface area is 136 Å². The second kappa shape index (κ2) is 12.4. The molecule has 1 N–H and O–H groups in total. The van der Waals surface area contributed by atoms with Crippen molar-refractivity contribution in [2.24, 2.45) is 0 Å². The number of phenolic OH excluding ortho intramolecular Hbond substituents is 1. The van der Waals surface area contributed by atoms with Gasteiger partial charge in [-0.2, -0.15) is 0 Å². The fraction of sp³-hybridized carbons (Fsp3) is 0.700. The molecular weight excluding hydrogens is 272 g/mol. The lowest BCUT2D eigenvalue weighted by molar-refractivity contribution is 0.406. The fourth-order valence-corrected chi connectivity index (χ4v) is 2.90. The molecule has 0 bridgehead atoms. The summed E-state index contributed by atoms with van der Waals surface area (Å²) in [4.78, 5) is 0. The van der Waals surface area contributed by atoms with Gasteiger partial charge in [-0.1, -0.05) is 71.1 Å². The van der Waals surface area contributed by atoms with Crippen LogP contribution in [-0.2, 0) is 6.42 Å². The molecule has 0 heterocycles. The molecule has 0 aliphatic carbocycles. The first-order chi connectivity index (χ1) is 10.8. The quantitative estimate of drug-likeness (QED) is 0.436. The summed E-state index contributed by atoms with van der Waals surface area (Å²) in [6, 6.07) is 5.53. The van der Waals surface area contributed by atoms with Crippen molar-refractivity contribution in [2.75, 3.05) is 7.11 Å². The average Bonchev–Trinajstić information content (AvgIpc) is 2.52. The number of ether oxygens (including phenoxy) is 1. The molecule has 126 valence electrons. The topological polar surface area (TPSA) is 29.5 Å². The lowest BCUT2D eigenvalue weighted by Crippen LogP contribution is -1.89. The van der Waals surface area contributed by atoms with Crippen LogP contribution in [0.2, 0.25) is 0 Å². The SMILES string of the molecule is CCCCCCCCCCCCCc1cc(O)cc(OC)c1. The maximum absolute atomic E-state index is 9.62. The monoisotopic (exact) mass is 306 g/mol. The predicted molar refractivity (Wildman–Crippen MR) is 94.8 cm³/mol. The van der Waals surface area contributed by atoms with Crippen LogP contribution in [0.25, 0.3) is 0 Å². The van der Waals surface area contributed by atoms with Crippen LogP contribution in [0.15, 0.2) is 18.2 Å². The summed E-state index contributed by atoms with van der Waals surface area (Å²) < 4.78 is 5.18. The predicted octanol–water partition coefficient (Wildman–Crippen LogP) is 6.25. The number of phenols is 1. The molecule has 0 atom stereocenters. The minimum absolute atomic E-state index is 0.303. The Morgan fingerprint density at radius 2 is 1.32 bits per heavy atom. The largest absolute Gasteiger partial charge is 0.508 e. The molecule has 0 aromatic heterocycles. The summed E-state index contributed by atoms with van der Waals surface area (Å²) in [5.41, 5.74) is 1.17. The second-order valence-corrected chi connectivity index (χ2v) is 6.32. The molecule has 0 radical (unpaired) electrons. The molecule has 0 aliphatic rings. The van der Waals surface area contributed by atoms with Crippen molar-refractivity contribution < 1.29 is 9.84 Å². The minimum atomic E-state index is 0.303. The molecule has 1 aromatic carbocycles. The molecule has 0 amide bonds. The summed E-state index contributed by atoms with van der Waals surface area (Å²) in [5, 5.41) is 9.62. The standard InChI is InChI=1S/C20H34O2/c1-3-4-5-6-7-8-9-10-11-12-13-14-18-15-19(21)17-20(16-18)22-2/h15-17,21H,3-14H2,1-2H3. The van der Waals surface area contributed by atoms with Gasteiger partial charge in [-0.25, -0.2) is 0 Å². The third-order valence-corrected chi connectivity index (χ3v) is 4.26. The van der Waals surface area contributed by atoms with Gasteiger partial charge in [0.1, 0.15) is 11.5 Å². The summed E-state index contributed by atoms with van der Waals surface area (Å²) in [7, 11) is 1.64. The van der Waals surface area contributed by atoms with Crippen LogP contribution in [0.3, 0.4) is 0 Å². The Morgan fingerprint density at radius 1 is 0.773 bits per heavy atom. The zero-order chi connectivity index (χ0) is 16.0.